The van der Waals surface area contributed by atoms with E-state index in [4.69, 9.17) is 14.9 Å². The molecule has 0 saturated heterocycles. The highest BCUT2D eigenvalue weighted by molar-refractivity contribution is 5.73. The van der Waals surface area contributed by atoms with Gasteiger partial charge in [0.05, 0.1) is 0 Å². The first-order valence-electron chi connectivity index (χ1n) is 9.94. The lowest BCUT2D eigenvalue weighted by Crippen LogP contribution is -2.26. The van der Waals surface area contributed by atoms with Crippen LogP contribution >= 0.6 is 0 Å². The van der Waals surface area contributed by atoms with Crippen molar-refractivity contribution in [1.29, 1.82) is 0 Å². The number of aliphatic carboxylic acids is 1. The van der Waals surface area contributed by atoms with E-state index in [0.29, 0.717) is 0 Å². The number of hydrogen-bond acceptors (Lipinski definition) is 4. The molecule has 0 aliphatic heterocycles. The van der Waals surface area contributed by atoms with E-state index in [1.807, 2.05) is 0 Å². The molecular weight excluding hydrogens is 332 g/mol. The van der Waals surface area contributed by atoms with Crippen molar-refractivity contribution in [3.8, 4) is 0 Å². The lowest BCUT2D eigenvalue weighted by molar-refractivity contribution is -0.156. The van der Waals surface area contributed by atoms with Gasteiger partial charge < -0.3 is 14.9 Å². The average molecular weight is 369 g/mol. The summed E-state index contributed by atoms with van der Waals surface area (Å²) < 4.78 is 4.70. The van der Waals surface area contributed by atoms with Gasteiger partial charge in [-0.05, 0) is 38.5 Å². The maximum absolute atomic E-state index is 11.4. The SMILES string of the molecule is CCCCC/C=C\C/C=C\CCCCCCCC(=O)OCC(O)C(=O)O. The van der Waals surface area contributed by atoms with Gasteiger partial charge in [0, 0.05) is 6.42 Å². The fourth-order valence-corrected chi connectivity index (χ4v) is 2.40. The van der Waals surface area contributed by atoms with Gasteiger partial charge in [-0.15, -0.1) is 0 Å². The van der Waals surface area contributed by atoms with Crippen LogP contribution in [0.1, 0.15) is 84.0 Å². The van der Waals surface area contributed by atoms with Crippen molar-refractivity contribution in [2.75, 3.05) is 6.61 Å². The zero-order valence-electron chi connectivity index (χ0n) is 16.2. The number of allylic oxidation sites excluding steroid dienone is 4. The molecule has 0 aromatic heterocycles. The maximum atomic E-state index is 11.4. The fraction of sp³-hybridized carbons (Fsp3) is 0.714. The number of carbonyl (C=O) groups is 2. The van der Waals surface area contributed by atoms with Gasteiger partial charge in [-0.25, -0.2) is 4.79 Å². The Bertz CT molecular complexity index is 415. The molecule has 0 bridgehead atoms. The quantitative estimate of drug-likeness (QED) is 0.219. The van der Waals surface area contributed by atoms with Crippen LogP contribution in [0.2, 0.25) is 0 Å². The van der Waals surface area contributed by atoms with Crippen molar-refractivity contribution < 1.29 is 24.5 Å². The Balaban J connectivity index is 3.36. The van der Waals surface area contributed by atoms with Crippen LogP contribution in [0.5, 0.6) is 0 Å². The largest absolute Gasteiger partial charge is 0.479 e. The van der Waals surface area contributed by atoms with Gasteiger partial charge in [-0.2, -0.15) is 0 Å². The van der Waals surface area contributed by atoms with Crippen LogP contribution in [-0.4, -0.2) is 34.9 Å². The van der Waals surface area contributed by atoms with Crippen molar-refractivity contribution >= 4 is 11.9 Å². The lowest BCUT2D eigenvalue weighted by atomic mass is 10.1. The number of carboxylic acid groups (broad SMARTS) is 1. The Hall–Kier alpha value is -1.62. The van der Waals surface area contributed by atoms with Crippen LogP contribution in [0.3, 0.4) is 0 Å². The highest BCUT2D eigenvalue weighted by Crippen LogP contribution is 2.08. The summed E-state index contributed by atoms with van der Waals surface area (Å²) in [6.07, 6.45) is 19.9. The molecule has 0 aromatic rings. The molecule has 0 spiro atoms. The first-order chi connectivity index (χ1) is 12.6. The molecule has 2 N–H and O–H groups in total. The Morgan fingerprint density at radius 2 is 1.46 bits per heavy atom. The Kier molecular flexibility index (Phi) is 17.0. The van der Waals surface area contributed by atoms with E-state index in [-0.39, 0.29) is 6.42 Å². The summed E-state index contributed by atoms with van der Waals surface area (Å²) in [6, 6.07) is 0. The number of carboxylic acids is 1. The number of esters is 1. The summed E-state index contributed by atoms with van der Waals surface area (Å²) in [4.78, 5) is 21.7. The van der Waals surface area contributed by atoms with Crippen LogP contribution in [-0.2, 0) is 14.3 Å². The third-order valence-electron chi connectivity index (χ3n) is 4.02. The molecule has 0 rings (SSSR count). The molecular formula is C21H36O5. The average Bonchev–Trinajstić information content (AvgIpc) is 2.62. The maximum Gasteiger partial charge on any atom is 0.336 e. The van der Waals surface area contributed by atoms with Crippen molar-refractivity contribution in [3.05, 3.63) is 24.3 Å². The van der Waals surface area contributed by atoms with E-state index in [1.54, 1.807) is 0 Å². The number of aliphatic hydroxyl groups excluding tert-OH is 1. The first-order valence-corrected chi connectivity index (χ1v) is 9.94. The second-order valence-electron chi connectivity index (χ2n) is 6.52. The number of hydrogen-bond donors (Lipinski definition) is 2. The molecule has 0 heterocycles. The number of aliphatic hydroxyl groups is 1. The zero-order valence-corrected chi connectivity index (χ0v) is 16.2. The van der Waals surface area contributed by atoms with Crippen LogP contribution in [0.25, 0.3) is 0 Å². The normalized spacial score (nSPS) is 12.7. The second-order valence-corrected chi connectivity index (χ2v) is 6.52. The first kappa shape index (κ1) is 24.4. The van der Waals surface area contributed by atoms with E-state index in [9.17, 15) is 9.59 Å². The van der Waals surface area contributed by atoms with Crippen molar-refractivity contribution in [3.63, 3.8) is 0 Å². The van der Waals surface area contributed by atoms with E-state index < -0.39 is 24.6 Å². The summed E-state index contributed by atoms with van der Waals surface area (Å²) >= 11 is 0. The van der Waals surface area contributed by atoms with Gasteiger partial charge in [0.25, 0.3) is 0 Å². The molecule has 1 atom stereocenters. The van der Waals surface area contributed by atoms with E-state index >= 15 is 0 Å². The molecule has 5 heteroatoms. The third-order valence-corrected chi connectivity index (χ3v) is 4.02. The molecule has 150 valence electrons. The molecule has 0 amide bonds. The summed E-state index contributed by atoms with van der Waals surface area (Å²) in [5, 5.41) is 17.5. The monoisotopic (exact) mass is 368 g/mol. The minimum absolute atomic E-state index is 0.275. The highest BCUT2D eigenvalue weighted by Gasteiger charge is 2.15. The lowest BCUT2D eigenvalue weighted by Gasteiger charge is -2.07. The van der Waals surface area contributed by atoms with Crippen LogP contribution < -0.4 is 0 Å². The van der Waals surface area contributed by atoms with E-state index in [1.165, 1.54) is 25.7 Å². The smallest absolute Gasteiger partial charge is 0.336 e. The van der Waals surface area contributed by atoms with E-state index in [2.05, 4.69) is 31.2 Å². The van der Waals surface area contributed by atoms with Crippen molar-refractivity contribution in [1.82, 2.24) is 0 Å². The molecule has 0 aromatic carbocycles. The van der Waals surface area contributed by atoms with Crippen molar-refractivity contribution in [2.45, 2.75) is 90.1 Å². The summed E-state index contributed by atoms with van der Waals surface area (Å²) in [6.45, 7) is 1.74. The predicted molar refractivity (Wildman–Crippen MR) is 104 cm³/mol. The van der Waals surface area contributed by atoms with Gasteiger partial charge in [0.15, 0.2) is 6.10 Å². The second kappa shape index (κ2) is 18.2. The molecule has 26 heavy (non-hydrogen) atoms. The minimum atomic E-state index is -1.64. The Morgan fingerprint density at radius 1 is 0.885 bits per heavy atom. The molecule has 0 radical (unpaired) electrons. The van der Waals surface area contributed by atoms with Gasteiger partial charge in [0.1, 0.15) is 6.61 Å². The summed E-state index contributed by atoms with van der Waals surface area (Å²) in [5.74, 6) is -1.83. The number of carbonyl (C=O) groups excluding carboxylic acids is 1. The third kappa shape index (κ3) is 17.2. The van der Waals surface area contributed by atoms with Gasteiger partial charge in [-0.3, -0.25) is 4.79 Å². The van der Waals surface area contributed by atoms with Gasteiger partial charge in [-0.1, -0.05) is 63.3 Å². The predicted octanol–water partition coefficient (Wildman–Crippen LogP) is 4.79. The zero-order chi connectivity index (χ0) is 19.5. The number of ether oxygens (including phenoxy) is 1. The topological polar surface area (TPSA) is 83.8 Å². The molecule has 0 saturated carbocycles. The Labute approximate surface area is 158 Å². The van der Waals surface area contributed by atoms with Crippen LogP contribution in [0.15, 0.2) is 24.3 Å². The molecule has 0 aliphatic rings. The minimum Gasteiger partial charge on any atom is -0.479 e. The van der Waals surface area contributed by atoms with Crippen LogP contribution in [0, 0.1) is 0 Å². The standard InChI is InChI=1S/C21H36O5/c1-2-3-4-5-6-7-8-9-10-11-12-13-14-15-16-17-20(23)26-18-19(22)21(24)25/h6-7,9-10,19,22H,2-5,8,11-18H2,1H3,(H,24,25)/b7-6-,10-9-. The van der Waals surface area contributed by atoms with E-state index in [0.717, 1.165) is 44.9 Å². The van der Waals surface area contributed by atoms with Gasteiger partial charge in [0.2, 0.25) is 0 Å². The molecule has 1 unspecified atom stereocenters. The fourth-order valence-electron chi connectivity index (χ4n) is 2.40. The number of rotatable bonds is 17. The summed E-state index contributed by atoms with van der Waals surface area (Å²) in [5.41, 5.74) is 0. The molecule has 0 aliphatic carbocycles. The van der Waals surface area contributed by atoms with Crippen molar-refractivity contribution in [2.24, 2.45) is 0 Å². The van der Waals surface area contributed by atoms with Gasteiger partial charge >= 0.3 is 11.9 Å². The highest BCUT2D eigenvalue weighted by atomic mass is 16.5. The number of unbranched alkanes of at least 4 members (excludes halogenated alkanes) is 8. The van der Waals surface area contributed by atoms with Crippen LogP contribution in [0.4, 0.5) is 0 Å². The molecule has 5 nitrogen and oxygen atoms in total. The summed E-state index contributed by atoms with van der Waals surface area (Å²) in [7, 11) is 0. The Morgan fingerprint density at radius 3 is 2.08 bits per heavy atom. The molecule has 0 fully saturated rings.